The van der Waals surface area contributed by atoms with Crippen molar-refractivity contribution in [3.63, 3.8) is 0 Å². The summed E-state index contributed by atoms with van der Waals surface area (Å²) in [4.78, 5) is 4.33. The van der Waals surface area contributed by atoms with Crippen molar-refractivity contribution in [2.24, 2.45) is 7.05 Å². The number of nitrogen functional groups attached to an aromatic ring is 1. The summed E-state index contributed by atoms with van der Waals surface area (Å²) in [5.41, 5.74) is 7.57. The number of nitrogens with two attached hydrogens (primary N) is 1. The number of benzene rings is 1. The van der Waals surface area contributed by atoms with Gasteiger partial charge < -0.3 is 10.3 Å². The van der Waals surface area contributed by atoms with Gasteiger partial charge in [-0.3, -0.25) is 4.68 Å². The molecule has 0 aliphatic carbocycles. The average molecular weight is 290 g/mol. The lowest BCUT2D eigenvalue weighted by atomic mass is 10.1. The Morgan fingerprint density at radius 1 is 1.30 bits per heavy atom. The lowest BCUT2D eigenvalue weighted by molar-refractivity contribution is 0.424. The fraction of sp³-hybridized carbons (Fsp3) is 0.154. The van der Waals surface area contributed by atoms with Crippen molar-refractivity contribution < 1.29 is 4.52 Å². The second-order valence-corrected chi connectivity index (χ2v) is 4.82. The van der Waals surface area contributed by atoms with Gasteiger partial charge in [0.15, 0.2) is 5.82 Å². The van der Waals surface area contributed by atoms with Gasteiger partial charge in [-0.25, -0.2) is 0 Å². The summed E-state index contributed by atoms with van der Waals surface area (Å²) in [6.07, 6.45) is 2.18. The van der Waals surface area contributed by atoms with Crippen LogP contribution >= 0.6 is 11.6 Å². The van der Waals surface area contributed by atoms with Crippen molar-refractivity contribution >= 4 is 17.4 Å². The summed E-state index contributed by atoms with van der Waals surface area (Å²) in [5.74, 6) is 1.46. The summed E-state index contributed by atoms with van der Waals surface area (Å²) in [6.45, 7) is 0. The number of rotatable bonds is 3. The van der Waals surface area contributed by atoms with Crippen molar-refractivity contribution in [2.45, 2.75) is 6.42 Å². The van der Waals surface area contributed by atoms with Crippen LogP contribution < -0.4 is 5.73 Å². The monoisotopic (exact) mass is 289 g/mol. The van der Waals surface area contributed by atoms with Crippen LogP contribution in [0.1, 0.15) is 11.4 Å². The highest BCUT2D eigenvalue weighted by molar-refractivity contribution is 6.30. The predicted molar refractivity (Wildman–Crippen MR) is 75.2 cm³/mol. The molecule has 20 heavy (non-hydrogen) atoms. The number of aryl methyl sites for hydroxylation is 1. The summed E-state index contributed by atoms with van der Waals surface area (Å²) >= 11 is 5.85. The van der Waals surface area contributed by atoms with Gasteiger partial charge in [0.2, 0.25) is 0 Å². The van der Waals surface area contributed by atoms with E-state index in [1.54, 1.807) is 17.9 Å². The number of nitrogens with zero attached hydrogens (tertiary/aromatic N) is 4. The molecule has 3 rings (SSSR count). The zero-order valence-corrected chi connectivity index (χ0v) is 11.5. The highest BCUT2D eigenvalue weighted by Gasteiger charge is 2.15. The van der Waals surface area contributed by atoms with Gasteiger partial charge in [-0.05, 0) is 17.7 Å². The molecule has 2 aromatic heterocycles. The van der Waals surface area contributed by atoms with E-state index < -0.39 is 0 Å². The zero-order chi connectivity index (χ0) is 14.1. The van der Waals surface area contributed by atoms with Crippen LogP contribution in [-0.4, -0.2) is 19.9 Å². The first kappa shape index (κ1) is 12.7. The minimum Gasteiger partial charge on any atom is -0.383 e. The SMILES string of the molecule is Cn1ncc(-c2nc(Cc3ccc(Cl)cc3)no2)c1N. The first-order valence-corrected chi connectivity index (χ1v) is 6.36. The summed E-state index contributed by atoms with van der Waals surface area (Å²) < 4.78 is 6.77. The minimum absolute atomic E-state index is 0.375. The highest BCUT2D eigenvalue weighted by atomic mass is 35.5. The van der Waals surface area contributed by atoms with E-state index in [1.165, 1.54) is 0 Å². The van der Waals surface area contributed by atoms with E-state index in [4.69, 9.17) is 21.9 Å². The molecule has 2 N–H and O–H groups in total. The Labute approximate surface area is 120 Å². The molecular weight excluding hydrogens is 278 g/mol. The maximum absolute atomic E-state index is 5.87. The molecule has 0 atom stereocenters. The van der Waals surface area contributed by atoms with Crippen molar-refractivity contribution in [1.82, 2.24) is 19.9 Å². The Morgan fingerprint density at radius 2 is 2.05 bits per heavy atom. The standard InChI is InChI=1S/C13H12ClN5O/c1-19-12(15)10(7-16-19)13-17-11(18-20-13)6-8-2-4-9(14)5-3-8/h2-5,7H,6,15H2,1H3. The van der Waals surface area contributed by atoms with Crippen LogP contribution in [0.25, 0.3) is 11.5 Å². The second-order valence-electron chi connectivity index (χ2n) is 4.39. The molecule has 0 bridgehead atoms. The smallest absolute Gasteiger partial charge is 0.263 e. The van der Waals surface area contributed by atoms with Crippen LogP contribution in [0.2, 0.25) is 5.02 Å². The number of halogens is 1. The molecule has 7 heteroatoms. The van der Waals surface area contributed by atoms with E-state index in [0.717, 1.165) is 5.56 Å². The molecule has 1 aromatic carbocycles. The van der Waals surface area contributed by atoms with Gasteiger partial charge in [0, 0.05) is 18.5 Å². The van der Waals surface area contributed by atoms with Crippen LogP contribution in [0, 0.1) is 0 Å². The molecule has 2 heterocycles. The van der Waals surface area contributed by atoms with Crippen molar-refractivity contribution in [2.75, 3.05) is 5.73 Å². The highest BCUT2D eigenvalue weighted by Crippen LogP contribution is 2.23. The fourth-order valence-corrected chi connectivity index (χ4v) is 1.96. The van der Waals surface area contributed by atoms with Crippen molar-refractivity contribution in [3.05, 3.63) is 46.9 Å². The Hall–Kier alpha value is -2.34. The molecule has 0 amide bonds. The Balaban J connectivity index is 1.83. The molecule has 3 aromatic rings. The first-order valence-electron chi connectivity index (χ1n) is 5.98. The normalized spacial score (nSPS) is 10.9. The third-order valence-corrected chi connectivity index (χ3v) is 3.21. The molecule has 102 valence electrons. The summed E-state index contributed by atoms with van der Waals surface area (Å²) in [6, 6.07) is 7.52. The van der Waals surface area contributed by atoms with Crippen molar-refractivity contribution in [1.29, 1.82) is 0 Å². The van der Waals surface area contributed by atoms with Crippen molar-refractivity contribution in [3.8, 4) is 11.5 Å². The number of anilines is 1. The second kappa shape index (κ2) is 4.97. The van der Waals surface area contributed by atoms with E-state index in [-0.39, 0.29) is 0 Å². The van der Waals surface area contributed by atoms with Crippen LogP contribution in [0.15, 0.2) is 35.0 Å². The molecule has 0 saturated heterocycles. The average Bonchev–Trinajstić information content (AvgIpc) is 3.01. The van der Waals surface area contributed by atoms with E-state index >= 15 is 0 Å². The topological polar surface area (TPSA) is 82.8 Å². The summed E-state index contributed by atoms with van der Waals surface area (Å²) in [5, 5.41) is 8.69. The predicted octanol–water partition coefficient (Wildman–Crippen LogP) is 2.30. The van der Waals surface area contributed by atoms with Gasteiger partial charge in [-0.15, -0.1) is 0 Å². The maximum atomic E-state index is 5.87. The van der Waals surface area contributed by atoms with Gasteiger partial charge >= 0.3 is 0 Å². The van der Waals surface area contributed by atoms with Gasteiger partial charge in [0.05, 0.1) is 6.20 Å². The Kier molecular flexibility index (Phi) is 3.15. The molecular formula is C13H12ClN5O. The number of hydrogen-bond donors (Lipinski definition) is 1. The number of hydrogen-bond acceptors (Lipinski definition) is 5. The van der Waals surface area contributed by atoms with Gasteiger partial charge in [0.1, 0.15) is 11.4 Å². The molecule has 0 fully saturated rings. The molecule has 0 radical (unpaired) electrons. The molecule has 0 spiro atoms. The van der Waals surface area contributed by atoms with E-state index in [0.29, 0.717) is 34.5 Å². The first-order chi connectivity index (χ1) is 9.63. The Morgan fingerprint density at radius 3 is 2.70 bits per heavy atom. The molecule has 0 saturated carbocycles. The van der Waals surface area contributed by atoms with Crippen LogP contribution in [0.5, 0.6) is 0 Å². The van der Waals surface area contributed by atoms with Crippen LogP contribution in [0.4, 0.5) is 5.82 Å². The lowest BCUT2D eigenvalue weighted by Gasteiger charge is -1.96. The van der Waals surface area contributed by atoms with Gasteiger partial charge in [-0.1, -0.05) is 28.9 Å². The molecule has 0 unspecified atom stereocenters. The lowest BCUT2D eigenvalue weighted by Crippen LogP contribution is -1.98. The third-order valence-electron chi connectivity index (χ3n) is 2.96. The fourth-order valence-electron chi connectivity index (χ4n) is 1.83. The quantitative estimate of drug-likeness (QED) is 0.800. The molecule has 0 aliphatic rings. The zero-order valence-electron chi connectivity index (χ0n) is 10.7. The van der Waals surface area contributed by atoms with E-state index in [9.17, 15) is 0 Å². The van der Waals surface area contributed by atoms with E-state index in [1.807, 2.05) is 24.3 Å². The summed E-state index contributed by atoms with van der Waals surface area (Å²) in [7, 11) is 1.75. The minimum atomic E-state index is 0.375. The molecule has 0 aliphatic heterocycles. The van der Waals surface area contributed by atoms with E-state index in [2.05, 4.69) is 15.2 Å². The van der Waals surface area contributed by atoms with Gasteiger partial charge in [0.25, 0.3) is 5.89 Å². The maximum Gasteiger partial charge on any atom is 0.263 e. The van der Waals surface area contributed by atoms with Gasteiger partial charge in [-0.2, -0.15) is 10.1 Å². The third kappa shape index (κ3) is 2.37. The largest absolute Gasteiger partial charge is 0.383 e. The number of aromatic nitrogens is 4. The Bertz CT molecular complexity index is 732. The van der Waals surface area contributed by atoms with Crippen LogP contribution in [0.3, 0.4) is 0 Å². The van der Waals surface area contributed by atoms with Crippen LogP contribution in [-0.2, 0) is 13.5 Å². The molecule has 6 nitrogen and oxygen atoms in total.